The molecule has 0 amide bonds. The van der Waals surface area contributed by atoms with Crippen molar-refractivity contribution in [3.05, 3.63) is 42.1 Å². The van der Waals surface area contributed by atoms with Gasteiger partial charge in [0.25, 0.3) is 0 Å². The molecule has 4 nitrogen and oxygen atoms in total. The van der Waals surface area contributed by atoms with Gasteiger partial charge in [0.1, 0.15) is 11.5 Å². The van der Waals surface area contributed by atoms with Crippen LogP contribution in [0.2, 0.25) is 0 Å². The normalized spacial score (nSPS) is 10.2. The van der Waals surface area contributed by atoms with Gasteiger partial charge in [-0.1, -0.05) is 6.92 Å². The van der Waals surface area contributed by atoms with E-state index in [0.29, 0.717) is 11.6 Å². The van der Waals surface area contributed by atoms with Crippen LogP contribution in [-0.2, 0) is 0 Å². The molecule has 0 aliphatic carbocycles. The second-order valence-electron chi connectivity index (χ2n) is 4.25. The minimum absolute atomic E-state index is 0.536. The third-order valence-corrected chi connectivity index (χ3v) is 2.62. The molecule has 4 heteroatoms. The Balaban J connectivity index is 2.04. The Morgan fingerprint density at radius 1 is 1.05 bits per heavy atom. The van der Waals surface area contributed by atoms with Crippen LogP contribution < -0.4 is 15.2 Å². The molecule has 1 aromatic heterocycles. The molecule has 0 spiro atoms. The zero-order valence-electron chi connectivity index (χ0n) is 11.2. The second-order valence-corrected chi connectivity index (χ2v) is 4.25. The van der Waals surface area contributed by atoms with E-state index < -0.39 is 0 Å². The molecule has 19 heavy (non-hydrogen) atoms. The Kier molecular flexibility index (Phi) is 4.23. The van der Waals surface area contributed by atoms with Crippen LogP contribution >= 0.6 is 0 Å². The van der Waals surface area contributed by atoms with Crippen LogP contribution in [0.4, 0.5) is 5.69 Å². The van der Waals surface area contributed by atoms with Crippen LogP contribution in [0, 0.1) is 6.92 Å². The number of hydrogen-bond acceptors (Lipinski definition) is 4. The van der Waals surface area contributed by atoms with Crippen LogP contribution in [0.15, 0.2) is 36.4 Å². The standard InChI is InChI=1S/C15H18N2O2/c1-3-10-18-12-4-6-13(7-5-12)19-15-9-8-14(16)11(2)17-15/h4-9H,3,10,16H2,1-2H3. The van der Waals surface area contributed by atoms with Crippen molar-refractivity contribution >= 4 is 5.69 Å². The molecule has 2 N–H and O–H groups in total. The highest BCUT2D eigenvalue weighted by Gasteiger charge is 2.02. The Morgan fingerprint density at radius 2 is 1.74 bits per heavy atom. The van der Waals surface area contributed by atoms with Crippen molar-refractivity contribution in [2.75, 3.05) is 12.3 Å². The molecular formula is C15H18N2O2. The Hall–Kier alpha value is -2.23. The van der Waals surface area contributed by atoms with Crippen molar-refractivity contribution < 1.29 is 9.47 Å². The highest BCUT2D eigenvalue weighted by atomic mass is 16.5. The lowest BCUT2D eigenvalue weighted by molar-refractivity contribution is 0.317. The van der Waals surface area contributed by atoms with E-state index in [1.807, 2.05) is 31.2 Å². The van der Waals surface area contributed by atoms with Gasteiger partial charge in [-0.3, -0.25) is 0 Å². The quantitative estimate of drug-likeness (QED) is 0.891. The first-order valence-electron chi connectivity index (χ1n) is 6.33. The highest BCUT2D eigenvalue weighted by molar-refractivity contribution is 5.44. The number of ether oxygens (including phenoxy) is 2. The molecule has 2 rings (SSSR count). The summed E-state index contributed by atoms with van der Waals surface area (Å²) in [6.07, 6.45) is 0.993. The van der Waals surface area contributed by atoms with E-state index in [2.05, 4.69) is 11.9 Å². The monoisotopic (exact) mass is 258 g/mol. The molecule has 0 saturated carbocycles. The lowest BCUT2D eigenvalue weighted by Crippen LogP contribution is -1.96. The Bertz CT molecular complexity index is 538. The van der Waals surface area contributed by atoms with Crippen LogP contribution in [0.3, 0.4) is 0 Å². The van der Waals surface area contributed by atoms with Gasteiger partial charge in [0, 0.05) is 6.07 Å². The van der Waals surface area contributed by atoms with Gasteiger partial charge >= 0.3 is 0 Å². The van der Waals surface area contributed by atoms with E-state index in [1.54, 1.807) is 12.1 Å². The van der Waals surface area contributed by atoms with Gasteiger partial charge in [-0.05, 0) is 43.7 Å². The molecule has 1 heterocycles. The SMILES string of the molecule is CCCOc1ccc(Oc2ccc(N)c(C)n2)cc1. The smallest absolute Gasteiger partial charge is 0.219 e. The van der Waals surface area contributed by atoms with Crippen LogP contribution in [-0.4, -0.2) is 11.6 Å². The average molecular weight is 258 g/mol. The number of anilines is 1. The summed E-state index contributed by atoms with van der Waals surface area (Å²) in [7, 11) is 0. The molecule has 100 valence electrons. The van der Waals surface area contributed by atoms with Gasteiger partial charge < -0.3 is 15.2 Å². The largest absolute Gasteiger partial charge is 0.494 e. The predicted molar refractivity (Wildman–Crippen MR) is 75.7 cm³/mol. The van der Waals surface area contributed by atoms with Crippen molar-refractivity contribution in [3.63, 3.8) is 0 Å². The average Bonchev–Trinajstić information content (AvgIpc) is 2.42. The summed E-state index contributed by atoms with van der Waals surface area (Å²) in [6.45, 7) is 4.65. The summed E-state index contributed by atoms with van der Waals surface area (Å²) < 4.78 is 11.2. The third-order valence-electron chi connectivity index (χ3n) is 2.62. The number of pyridine rings is 1. The maximum absolute atomic E-state index is 5.71. The molecule has 0 unspecified atom stereocenters. The van der Waals surface area contributed by atoms with Crippen molar-refractivity contribution in [1.82, 2.24) is 4.98 Å². The molecule has 1 aromatic carbocycles. The fraction of sp³-hybridized carbons (Fsp3) is 0.267. The predicted octanol–water partition coefficient (Wildman–Crippen LogP) is 3.55. The maximum atomic E-state index is 5.71. The van der Waals surface area contributed by atoms with E-state index in [0.717, 1.165) is 30.2 Å². The summed E-state index contributed by atoms with van der Waals surface area (Å²) in [4.78, 5) is 4.26. The molecule has 0 radical (unpaired) electrons. The number of nitrogen functional groups attached to an aromatic ring is 1. The molecule has 0 bridgehead atoms. The molecular weight excluding hydrogens is 240 g/mol. The minimum atomic E-state index is 0.536. The Labute approximate surface area is 113 Å². The molecule has 0 saturated heterocycles. The van der Waals surface area contributed by atoms with E-state index in [1.165, 1.54) is 0 Å². The number of hydrogen-bond donors (Lipinski definition) is 1. The number of nitrogens with two attached hydrogens (primary N) is 1. The maximum Gasteiger partial charge on any atom is 0.219 e. The van der Waals surface area contributed by atoms with Crippen LogP contribution in [0.25, 0.3) is 0 Å². The molecule has 0 atom stereocenters. The zero-order chi connectivity index (χ0) is 13.7. The Morgan fingerprint density at radius 3 is 2.37 bits per heavy atom. The first-order chi connectivity index (χ1) is 9.19. The van der Waals surface area contributed by atoms with Crippen LogP contribution in [0.1, 0.15) is 19.0 Å². The fourth-order valence-electron chi connectivity index (χ4n) is 1.55. The van der Waals surface area contributed by atoms with Gasteiger partial charge in [0.15, 0.2) is 0 Å². The highest BCUT2D eigenvalue weighted by Crippen LogP contribution is 2.23. The summed E-state index contributed by atoms with van der Waals surface area (Å²) in [5.74, 6) is 2.10. The van der Waals surface area contributed by atoms with E-state index in [9.17, 15) is 0 Å². The summed E-state index contributed by atoms with van der Waals surface area (Å²) in [5.41, 5.74) is 7.14. The van der Waals surface area contributed by atoms with Gasteiger partial charge in [0.05, 0.1) is 18.0 Å². The second kappa shape index (κ2) is 6.09. The third kappa shape index (κ3) is 3.61. The van der Waals surface area contributed by atoms with Crippen molar-refractivity contribution in [2.45, 2.75) is 20.3 Å². The molecule has 2 aromatic rings. The van der Waals surface area contributed by atoms with Gasteiger partial charge in [-0.25, -0.2) is 4.98 Å². The van der Waals surface area contributed by atoms with Gasteiger partial charge in [0.2, 0.25) is 5.88 Å². The summed E-state index contributed by atoms with van der Waals surface area (Å²) in [6, 6.07) is 11.0. The number of rotatable bonds is 5. The van der Waals surface area contributed by atoms with Crippen molar-refractivity contribution in [3.8, 4) is 17.4 Å². The van der Waals surface area contributed by atoms with E-state index in [4.69, 9.17) is 15.2 Å². The van der Waals surface area contributed by atoms with E-state index in [-0.39, 0.29) is 0 Å². The first kappa shape index (κ1) is 13.2. The van der Waals surface area contributed by atoms with Crippen molar-refractivity contribution in [2.24, 2.45) is 0 Å². The number of aryl methyl sites for hydroxylation is 1. The van der Waals surface area contributed by atoms with Gasteiger partial charge in [-0.2, -0.15) is 0 Å². The van der Waals surface area contributed by atoms with Gasteiger partial charge in [-0.15, -0.1) is 0 Å². The summed E-state index contributed by atoms with van der Waals surface area (Å²) >= 11 is 0. The first-order valence-corrected chi connectivity index (χ1v) is 6.33. The lowest BCUT2D eigenvalue weighted by Gasteiger charge is -2.08. The minimum Gasteiger partial charge on any atom is -0.494 e. The molecule has 0 fully saturated rings. The zero-order valence-corrected chi connectivity index (χ0v) is 11.2. The van der Waals surface area contributed by atoms with E-state index >= 15 is 0 Å². The number of benzene rings is 1. The number of nitrogens with zero attached hydrogens (tertiary/aromatic N) is 1. The van der Waals surface area contributed by atoms with Crippen molar-refractivity contribution in [1.29, 1.82) is 0 Å². The number of aromatic nitrogens is 1. The van der Waals surface area contributed by atoms with Crippen LogP contribution in [0.5, 0.6) is 17.4 Å². The fourth-order valence-corrected chi connectivity index (χ4v) is 1.55. The molecule has 0 aliphatic heterocycles. The summed E-state index contributed by atoms with van der Waals surface area (Å²) in [5, 5.41) is 0. The topological polar surface area (TPSA) is 57.4 Å². The lowest BCUT2D eigenvalue weighted by atomic mass is 10.3. The molecule has 0 aliphatic rings.